The van der Waals surface area contributed by atoms with Crippen LogP contribution in [0.3, 0.4) is 0 Å². The summed E-state index contributed by atoms with van der Waals surface area (Å²) in [7, 11) is 0. The van der Waals surface area contributed by atoms with E-state index in [1.54, 1.807) is 6.33 Å². The summed E-state index contributed by atoms with van der Waals surface area (Å²) >= 11 is 0. The number of aromatic nitrogens is 2. The Morgan fingerprint density at radius 1 is 1.27 bits per heavy atom. The normalized spacial score (nSPS) is 11.6. The lowest BCUT2D eigenvalue weighted by Crippen LogP contribution is -2.05. The van der Waals surface area contributed by atoms with E-state index in [-0.39, 0.29) is 5.91 Å². The molecule has 110 valence electrons. The number of allylic oxidation sites excluding steroid dienone is 1. The number of H-pyrrole nitrogens is 1. The third-order valence-corrected chi connectivity index (χ3v) is 3.56. The molecule has 4 nitrogen and oxygen atoms in total. The van der Waals surface area contributed by atoms with Crippen molar-refractivity contribution in [3.63, 3.8) is 0 Å². The molecular weight excluding hydrogens is 274 g/mol. The van der Waals surface area contributed by atoms with Gasteiger partial charge in [0.15, 0.2) is 0 Å². The Kier molecular flexibility index (Phi) is 3.74. The van der Waals surface area contributed by atoms with Crippen LogP contribution in [-0.2, 0) is 4.79 Å². The van der Waals surface area contributed by atoms with Crippen LogP contribution in [0.1, 0.15) is 25.1 Å². The van der Waals surface area contributed by atoms with E-state index < -0.39 is 0 Å². The van der Waals surface area contributed by atoms with Gasteiger partial charge in [-0.1, -0.05) is 30.3 Å². The van der Waals surface area contributed by atoms with Gasteiger partial charge < -0.3 is 10.3 Å². The van der Waals surface area contributed by atoms with Crippen LogP contribution >= 0.6 is 0 Å². The van der Waals surface area contributed by atoms with Crippen LogP contribution in [0.2, 0.25) is 0 Å². The zero-order valence-corrected chi connectivity index (χ0v) is 12.6. The molecule has 4 heteroatoms. The Balaban J connectivity index is 2.18. The summed E-state index contributed by atoms with van der Waals surface area (Å²) in [5.74, 6) is -0.0737. The van der Waals surface area contributed by atoms with Crippen LogP contribution in [0, 0.1) is 0 Å². The lowest BCUT2D eigenvalue weighted by molar-refractivity contribution is -0.114. The molecular formula is C18H17N3O. The first-order chi connectivity index (χ1) is 10.7. The number of hydrogen-bond donors (Lipinski definition) is 2. The van der Waals surface area contributed by atoms with Crippen LogP contribution in [-0.4, -0.2) is 15.9 Å². The van der Waals surface area contributed by atoms with Crippen molar-refractivity contribution in [2.24, 2.45) is 0 Å². The minimum absolute atomic E-state index is 0.0737. The first-order valence-electron chi connectivity index (χ1n) is 7.15. The first-order valence-corrected chi connectivity index (χ1v) is 7.15. The highest BCUT2D eigenvalue weighted by molar-refractivity contribution is 6.00. The second-order valence-electron chi connectivity index (χ2n) is 5.08. The summed E-state index contributed by atoms with van der Waals surface area (Å²) in [5.41, 5.74) is 3.86. The highest BCUT2D eigenvalue weighted by atomic mass is 16.1. The van der Waals surface area contributed by atoms with Gasteiger partial charge in [0.1, 0.15) is 0 Å². The fourth-order valence-electron chi connectivity index (χ4n) is 2.64. The molecule has 1 aromatic heterocycles. The Hall–Kier alpha value is -2.88. The molecule has 2 N–H and O–H groups in total. The Morgan fingerprint density at radius 3 is 2.82 bits per heavy atom. The van der Waals surface area contributed by atoms with E-state index in [0.717, 1.165) is 33.3 Å². The Morgan fingerprint density at radius 2 is 2.14 bits per heavy atom. The molecule has 0 bridgehead atoms. The molecule has 0 atom stereocenters. The Bertz CT molecular complexity index is 848. The van der Waals surface area contributed by atoms with Gasteiger partial charge >= 0.3 is 0 Å². The average Bonchev–Trinajstić information content (AvgIpc) is 3.02. The van der Waals surface area contributed by atoms with Crippen molar-refractivity contribution in [2.45, 2.75) is 13.8 Å². The van der Waals surface area contributed by atoms with Gasteiger partial charge in [-0.3, -0.25) is 4.79 Å². The summed E-state index contributed by atoms with van der Waals surface area (Å²) in [5, 5.41) is 5.05. The molecule has 0 unspecified atom stereocenters. The molecule has 0 aliphatic carbocycles. The average molecular weight is 291 g/mol. The monoisotopic (exact) mass is 291 g/mol. The lowest BCUT2D eigenvalue weighted by atomic mass is 9.96. The number of rotatable bonds is 3. The van der Waals surface area contributed by atoms with E-state index in [4.69, 9.17) is 0 Å². The van der Waals surface area contributed by atoms with Crippen molar-refractivity contribution in [3.8, 4) is 0 Å². The smallest absolute Gasteiger partial charge is 0.221 e. The maximum absolute atomic E-state index is 11.3. The number of amides is 1. The van der Waals surface area contributed by atoms with Crippen LogP contribution in [0.4, 0.5) is 5.69 Å². The van der Waals surface area contributed by atoms with E-state index in [1.165, 1.54) is 6.92 Å². The van der Waals surface area contributed by atoms with Crippen molar-refractivity contribution < 1.29 is 4.79 Å². The lowest BCUT2D eigenvalue weighted by Gasteiger charge is -2.11. The van der Waals surface area contributed by atoms with Crippen LogP contribution < -0.4 is 5.32 Å². The van der Waals surface area contributed by atoms with Crippen molar-refractivity contribution >= 4 is 27.9 Å². The van der Waals surface area contributed by atoms with E-state index >= 15 is 0 Å². The maximum atomic E-state index is 11.3. The third-order valence-electron chi connectivity index (χ3n) is 3.56. The Labute approximate surface area is 128 Å². The van der Waals surface area contributed by atoms with Crippen molar-refractivity contribution in [1.29, 1.82) is 0 Å². The van der Waals surface area contributed by atoms with E-state index in [0.29, 0.717) is 0 Å². The standard InChI is InChI=1S/C18H17N3O/c1-3-15(18-10-19-11-20-18)16-6-4-5-13-7-8-14(9-17(13)16)21-12(2)22/h3-11H,1-2H3,(H,19,20)(H,21,22)/b15-3-. The fraction of sp³-hybridized carbons (Fsp3) is 0.111. The quantitative estimate of drug-likeness (QED) is 0.767. The van der Waals surface area contributed by atoms with Gasteiger partial charge in [0.25, 0.3) is 0 Å². The molecule has 1 heterocycles. The highest BCUT2D eigenvalue weighted by Gasteiger charge is 2.10. The number of hydrogen-bond acceptors (Lipinski definition) is 2. The number of fused-ring (bicyclic) bond motifs is 1. The van der Waals surface area contributed by atoms with E-state index in [1.807, 2.05) is 37.4 Å². The van der Waals surface area contributed by atoms with Crippen molar-refractivity contribution in [2.75, 3.05) is 5.32 Å². The summed E-state index contributed by atoms with van der Waals surface area (Å²) in [6.07, 6.45) is 5.61. The molecule has 0 radical (unpaired) electrons. The molecule has 0 aliphatic heterocycles. The van der Waals surface area contributed by atoms with Gasteiger partial charge in [0.2, 0.25) is 5.91 Å². The number of anilines is 1. The SMILES string of the molecule is C/C=C(\c1c[nH]cn1)c1cccc2ccc(NC(C)=O)cc12. The fourth-order valence-corrected chi connectivity index (χ4v) is 2.64. The number of benzene rings is 2. The number of nitrogens with zero attached hydrogens (tertiary/aromatic N) is 1. The van der Waals surface area contributed by atoms with Crippen LogP contribution in [0.5, 0.6) is 0 Å². The molecule has 3 aromatic rings. The second kappa shape index (κ2) is 5.85. The molecule has 0 aliphatic rings. The molecule has 3 rings (SSSR count). The second-order valence-corrected chi connectivity index (χ2v) is 5.08. The van der Waals surface area contributed by atoms with Gasteiger partial charge in [-0.15, -0.1) is 0 Å². The molecule has 0 fully saturated rings. The topological polar surface area (TPSA) is 57.8 Å². The van der Waals surface area contributed by atoms with Gasteiger partial charge in [0, 0.05) is 24.4 Å². The van der Waals surface area contributed by atoms with Gasteiger partial charge in [-0.2, -0.15) is 0 Å². The largest absolute Gasteiger partial charge is 0.351 e. The summed E-state index contributed by atoms with van der Waals surface area (Å²) < 4.78 is 0. The first kappa shape index (κ1) is 14.1. The predicted molar refractivity (Wildman–Crippen MR) is 89.6 cm³/mol. The minimum Gasteiger partial charge on any atom is -0.351 e. The minimum atomic E-state index is -0.0737. The maximum Gasteiger partial charge on any atom is 0.221 e. The molecule has 0 saturated heterocycles. The van der Waals surface area contributed by atoms with E-state index in [9.17, 15) is 4.79 Å². The zero-order valence-electron chi connectivity index (χ0n) is 12.6. The third kappa shape index (κ3) is 2.63. The number of imidazole rings is 1. The predicted octanol–water partition coefficient (Wildman–Crippen LogP) is 3.97. The van der Waals surface area contributed by atoms with Crippen molar-refractivity contribution in [3.05, 3.63) is 66.3 Å². The molecule has 2 aromatic carbocycles. The zero-order chi connectivity index (χ0) is 15.5. The summed E-state index contributed by atoms with van der Waals surface area (Å²) in [6, 6.07) is 12.1. The summed E-state index contributed by atoms with van der Waals surface area (Å²) in [4.78, 5) is 18.6. The number of nitrogens with one attached hydrogen (secondary N) is 2. The molecule has 22 heavy (non-hydrogen) atoms. The summed E-state index contributed by atoms with van der Waals surface area (Å²) in [6.45, 7) is 3.51. The van der Waals surface area contributed by atoms with Crippen molar-refractivity contribution in [1.82, 2.24) is 9.97 Å². The van der Waals surface area contributed by atoms with Crippen LogP contribution in [0.15, 0.2) is 55.0 Å². The molecule has 1 amide bonds. The molecule has 0 spiro atoms. The number of aromatic amines is 1. The van der Waals surface area contributed by atoms with Gasteiger partial charge in [-0.25, -0.2) is 4.98 Å². The van der Waals surface area contributed by atoms with Crippen LogP contribution in [0.25, 0.3) is 16.3 Å². The molecule has 0 saturated carbocycles. The highest BCUT2D eigenvalue weighted by Crippen LogP contribution is 2.30. The van der Waals surface area contributed by atoms with E-state index in [2.05, 4.69) is 33.5 Å². The number of carbonyl (C=O) groups is 1. The van der Waals surface area contributed by atoms with Gasteiger partial charge in [-0.05, 0) is 35.4 Å². The number of carbonyl (C=O) groups excluding carboxylic acids is 1. The van der Waals surface area contributed by atoms with Gasteiger partial charge in [0.05, 0.1) is 12.0 Å².